The topological polar surface area (TPSA) is 75.6 Å². The molecule has 2 rings (SSSR count). The third-order valence-electron chi connectivity index (χ3n) is 2.89. The van der Waals surface area contributed by atoms with Crippen molar-refractivity contribution in [3.63, 3.8) is 0 Å². The molecule has 1 aromatic rings. The maximum Gasteiger partial charge on any atom is 0.306 e. The van der Waals surface area contributed by atoms with Gasteiger partial charge in [0.1, 0.15) is 0 Å². The van der Waals surface area contributed by atoms with Gasteiger partial charge in [0.05, 0.1) is 30.5 Å². The SMILES string of the molecule is Cc1cnc(C)c(N2CCOC(CC(=O)O)C2)n1. The molecule has 18 heavy (non-hydrogen) atoms. The second-order valence-corrected chi connectivity index (χ2v) is 4.46. The highest BCUT2D eigenvalue weighted by Crippen LogP contribution is 2.19. The van der Waals surface area contributed by atoms with Crippen LogP contribution < -0.4 is 4.90 Å². The summed E-state index contributed by atoms with van der Waals surface area (Å²) in [4.78, 5) is 21.5. The summed E-state index contributed by atoms with van der Waals surface area (Å²) in [6.45, 7) is 5.59. The summed E-state index contributed by atoms with van der Waals surface area (Å²) in [7, 11) is 0. The number of hydrogen-bond donors (Lipinski definition) is 1. The van der Waals surface area contributed by atoms with Crippen LogP contribution in [-0.4, -0.2) is 46.8 Å². The zero-order valence-corrected chi connectivity index (χ0v) is 10.6. The normalized spacial score (nSPS) is 19.9. The van der Waals surface area contributed by atoms with E-state index in [9.17, 15) is 4.79 Å². The molecule has 0 aromatic carbocycles. The smallest absolute Gasteiger partial charge is 0.306 e. The monoisotopic (exact) mass is 251 g/mol. The fourth-order valence-electron chi connectivity index (χ4n) is 2.05. The molecule has 1 aliphatic rings. The van der Waals surface area contributed by atoms with Crippen molar-refractivity contribution in [2.45, 2.75) is 26.4 Å². The predicted molar refractivity (Wildman–Crippen MR) is 65.7 cm³/mol. The number of hydrogen-bond acceptors (Lipinski definition) is 5. The Morgan fingerprint density at radius 1 is 1.61 bits per heavy atom. The molecule has 98 valence electrons. The molecule has 0 spiro atoms. The summed E-state index contributed by atoms with van der Waals surface area (Å²) in [5.41, 5.74) is 1.72. The molecular formula is C12H17N3O3. The number of nitrogens with zero attached hydrogens (tertiary/aromatic N) is 3. The highest BCUT2D eigenvalue weighted by Gasteiger charge is 2.24. The summed E-state index contributed by atoms with van der Waals surface area (Å²) in [5, 5.41) is 8.79. The molecule has 1 atom stereocenters. The van der Waals surface area contributed by atoms with Gasteiger partial charge in [-0.05, 0) is 13.8 Å². The van der Waals surface area contributed by atoms with Crippen molar-refractivity contribution < 1.29 is 14.6 Å². The number of rotatable bonds is 3. The van der Waals surface area contributed by atoms with Crippen molar-refractivity contribution in [3.05, 3.63) is 17.6 Å². The van der Waals surface area contributed by atoms with Gasteiger partial charge in [-0.1, -0.05) is 0 Å². The first-order valence-electron chi connectivity index (χ1n) is 5.95. The molecule has 1 aliphatic heterocycles. The molecule has 1 unspecified atom stereocenters. The van der Waals surface area contributed by atoms with E-state index in [2.05, 4.69) is 9.97 Å². The van der Waals surface area contributed by atoms with Gasteiger partial charge in [0.25, 0.3) is 0 Å². The molecule has 6 heteroatoms. The Labute approximate surface area is 106 Å². The van der Waals surface area contributed by atoms with Crippen LogP contribution in [0, 0.1) is 13.8 Å². The molecule has 0 saturated carbocycles. The van der Waals surface area contributed by atoms with Crippen molar-refractivity contribution in [2.24, 2.45) is 0 Å². The first-order valence-corrected chi connectivity index (χ1v) is 5.95. The van der Waals surface area contributed by atoms with Gasteiger partial charge >= 0.3 is 5.97 Å². The maximum atomic E-state index is 10.7. The van der Waals surface area contributed by atoms with Crippen LogP contribution in [0.25, 0.3) is 0 Å². The number of carboxylic acids is 1. The quantitative estimate of drug-likeness (QED) is 0.855. The number of aromatic nitrogens is 2. The first-order chi connectivity index (χ1) is 8.56. The average Bonchev–Trinajstić information content (AvgIpc) is 2.32. The molecule has 1 fully saturated rings. The zero-order chi connectivity index (χ0) is 13.1. The first kappa shape index (κ1) is 12.8. The van der Waals surface area contributed by atoms with Gasteiger partial charge in [-0.25, -0.2) is 4.98 Å². The van der Waals surface area contributed by atoms with E-state index in [0.29, 0.717) is 13.2 Å². The number of aryl methyl sites for hydroxylation is 2. The third kappa shape index (κ3) is 2.95. The van der Waals surface area contributed by atoms with E-state index in [0.717, 1.165) is 23.8 Å². The van der Waals surface area contributed by atoms with Gasteiger partial charge in [-0.2, -0.15) is 0 Å². The summed E-state index contributed by atoms with van der Waals surface area (Å²) >= 11 is 0. The molecule has 2 heterocycles. The van der Waals surface area contributed by atoms with Crippen LogP contribution in [-0.2, 0) is 9.53 Å². The number of anilines is 1. The zero-order valence-electron chi connectivity index (χ0n) is 10.6. The Morgan fingerprint density at radius 2 is 2.39 bits per heavy atom. The lowest BCUT2D eigenvalue weighted by atomic mass is 10.2. The van der Waals surface area contributed by atoms with Crippen LogP contribution in [0.2, 0.25) is 0 Å². The summed E-state index contributed by atoms with van der Waals surface area (Å²) < 4.78 is 5.44. The van der Waals surface area contributed by atoms with E-state index in [1.807, 2.05) is 18.7 Å². The Bertz CT molecular complexity index is 450. The van der Waals surface area contributed by atoms with Crippen LogP contribution in [0.5, 0.6) is 0 Å². The average molecular weight is 251 g/mol. The van der Waals surface area contributed by atoms with Crippen molar-refractivity contribution >= 4 is 11.8 Å². The van der Waals surface area contributed by atoms with E-state index in [1.54, 1.807) is 6.20 Å². The Morgan fingerprint density at radius 3 is 3.11 bits per heavy atom. The van der Waals surface area contributed by atoms with Crippen molar-refractivity contribution in [1.82, 2.24) is 9.97 Å². The summed E-state index contributed by atoms with van der Waals surface area (Å²) in [6, 6.07) is 0. The van der Waals surface area contributed by atoms with Crippen LogP contribution in [0.4, 0.5) is 5.82 Å². The van der Waals surface area contributed by atoms with E-state index >= 15 is 0 Å². The van der Waals surface area contributed by atoms with E-state index in [1.165, 1.54) is 0 Å². The van der Waals surface area contributed by atoms with Gasteiger partial charge in [0.2, 0.25) is 0 Å². The molecule has 0 radical (unpaired) electrons. The molecule has 1 N–H and O–H groups in total. The molecule has 1 aromatic heterocycles. The number of morpholine rings is 1. The van der Waals surface area contributed by atoms with Crippen LogP contribution >= 0.6 is 0 Å². The van der Waals surface area contributed by atoms with Crippen molar-refractivity contribution in [3.8, 4) is 0 Å². The van der Waals surface area contributed by atoms with Crippen LogP contribution in [0.1, 0.15) is 17.8 Å². The van der Waals surface area contributed by atoms with Crippen molar-refractivity contribution in [2.75, 3.05) is 24.6 Å². The van der Waals surface area contributed by atoms with Gasteiger partial charge in [0.15, 0.2) is 5.82 Å². The van der Waals surface area contributed by atoms with Gasteiger partial charge in [-0.15, -0.1) is 0 Å². The minimum Gasteiger partial charge on any atom is -0.481 e. The molecule has 6 nitrogen and oxygen atoms in total. The second kappa shape index (κ2) is 5.30. The molecule has 1 saturated heterocycles. The Kier molecular flexibility index (Phi) is 3.76. The Balaban J connectivity index is 2.12. The van der Waals surface area contributed by atoms with Gasteiger partial charge < -0.3 is 14.7 Å². The van der Waals surface area contributed by atoms with E-state index < -0.39 is 5.97 Å². The second-order valence-electron chi connectivity index (χ2n) is 4.46. The fourth-order valence-corrected chi connectivity index (χ4v) is 2.05. The number of carbonyl (C=O) groups is 1. The van der Waals surface area contributed by atoms with Crippen LogP contribution in [0.15, 0.2) is 6.20 Å². The lowest BCUT2D eigenvalue weighted by Gasteiger charge is -2.33. The van der Waals surface area contributed by atoms with Crippen molar-refractivity contribution in [1.29, 1.82) is 0 Å². The van der Waals surface area contributed by atoms with E-state index in [-0.39, 0.29) is 12.5 Å². The number of carboxylic acid groups (broad SMARTS) is 1. The lowest BCUT2D eigenvalue weighted by Crippen LogP contribution is -2.44. The third-order valence-corrected chi connectivity index (χ3v) is 2.89. The lowest BCUT2D eigenvalue weighted by molar-refractivity contribution is -0.140. The number of aliphatic carboxylic acids is 1. The minimum atomic E-state index is -0.839. The van der Waals surface area contributed by atoms with Gasteiger partial charge in [0, 0.05) is 19.3 Å². The van der Waals surface area contributed by atoms with Gasteiger partial charge in [-0.3, -0.25) is 9.78 Å². The summed E-state index contributed by atoms with van der Waals surface area (Å²) in [5.74, 6) is -0.0115. The highest BCUT2D eigenvalue weighted by molar-refractivity contribution is 5.67. The standard InChI is InChI=1S/C12H17N3O3/c1-8-6-13-9(2)12(14-8)15-3-4-18-10(7-15)5-11(16)17/h6,10H,3-5,7H2,1-2H3,(H,16,17). The maximum absolute atomic E-state index is 10.7. The summed E-state index contributed by atoms with van der Waals surface area (Å²) in [6.07, 6.45) is 1.47. The molecule has 0 amide bonds. The van der Waals surface area contributed by atoms with E-state index in [4.69, 9.17) is 9.84 Å². The minimum absolute atomic E-state index is 0.0226. The highest BCUT2D eigenvalue weighted by atomic mass is 16.5. The largest absolute Gasteiger partial charge is 0.481 e. The molecular weight excluding hydrogens is 234 g/mol. The Hall–Kier alpha value is -1.69. The van der Waals surface area contributed by atoms with Crippen LogP contribution in [0.3, 0.4) is 0 Å². The molecule has 0 bridgehead atoms. The number of ether oxygens (including phenoxy) is 1. The fraction of sp³-hybridized carbons (Fsp3) is 0.583. The predicted octanol–water partition coefficient (Wildman–Crippen LogP) is 0.773. The molecule has 0 aliphatic carbocycles.